The minimum absolute atomic E-state index is 0.103. The maximum Gasteiger partial charge on any atom is 0.341 e. The van der Waals surface area contributed by atoms with Gasteiger partial charge >= 0.3 is 5.97 Å². The maximum absolute atomic E-state index is 12.6. The maximum atomic E-state index is 12.6. The second-order valence-electron chi connectivity index (χ2n) is 7.17. The molecule has 4 nitrogen and oxygen atoms in total. The summed E-state index contributed by atoms with van der Waals surface area (Å²) in [5.74, 6) is -0.430. The van der Waals surface area contributed by atoms with E-state index < -0.39 is 0 Å². The Labute approximate surface area is 175 Å². The number of benzene rings is 1. The molecule has 1 amide bonds. The summed E-state index contributed by atoms with van der Waals surface area (Å²) >= 11 is 3.33. The molecular weight excluding hydrogens is 390 g/mol. The number of anilines is 1. The summed E-state index contributed by atoms with van der Waals surface area (Å²) in [6, 6.07) is 8.11. The zero-order valence-electron chi connectivity index (χ0n) is 16.7. The van der Waals surface area contributed by atoms with Gasteiger partial charge in [0.1, 0.15) is 5.00 Å². The first-order chi connectivity index (χ1) is 13.5. The fourth-order valence-electron chi connectivity index (χ4n) is 3.39. The van der Waals surface area contributed by atoms with Gasteiger partial charge < -0.3 is 10.1 Å². The first-order valence-electron chi connectivity index (χ1n) is 9.85. The number of carbonyl (C=O) groups excluding carboxylic acids is 2. The van der Waals surface area contributed by atoms with Crippen LogP contribution in [0.3, 0.4) is 0 Å². The SMILES string of the molecule is CCOC(=O)c1c(NC(=O)Cc2ccc(SC(C)C)cc2)sc2c1CCCC2. The second kappa shape index (κ2) is 9.61. The number of carbonyl (C=O) groups is 2. The minimum atomic E-state index is -0.327. The highest BCUT2D eigenvalue weighted by Gasteiger charge is 2.27. The van der Waals surface area contributed by atoms with E-state index in [1.165, 1.54) is 21.1 Å². The lowest BCUT2D eigenvalue weighted by molar-refractivity contribution is -0.115. The highest BCUT2D eigenvalue weighted by atomic mass is 32.2. The normalized spacial score (nSPS) is 13.3. The fraction of sp³-hybridized carbons (Fsp3) is 0.455. The van der Waals surface area contributed by atoms with Crippen LogP contribution in [0.4, 0.5) is 5.00 Å². The van der Waals surface area contributed by atoms with Crippen LogP contribution in [0.25, 0.3) is 0 Å². The summed E-state index contributed by atoms with van der Waals surface area (Å²) in [6.45, 7) is 6.45. The number of hydrogen-bond donors (Lipinski definition) is 1. The predicted octanol–water partition coefficient (Wildman–Crippen LogP) is 5.49. The summed E-state index contributed by atoms with van der Waals surface area (Å²) in [5, 5.41) is 4.15. The smallest absolute Gasteiger partial charge is 0.341 e. The summed E-state index contributed by atoms with van der Waals surface area (Å²) in [7, 11) is 0. The Hall–Kier alpha value is -1.79. The zero-order valence-corrected chi connectivity index (χ0v) is 18.3. The van der Waals surface area contributed by atoms with Gasteiger partial charge in [-0.15, -0.1) is 23.1 Å². The third-order valence-corrected chi connectivity index (χ3v) is 6.79. The molecule has 2 aromatic rings. The van der Waals surface area contributed by atoms with Crippen LogP contribution in [0.5, 0.6) is 0 Å². The van der Waals surface area contributed by atoms with Crippen molar-refractivity contribution in [3.05, 3.63) is 45.8 Å². The molecule has 28 heavy (non-hydrogen) atoms. The van der Waals surface area contributed by atoms with Crippen LogP contribution in [0.15, 0.2) is 29.2 Å². The van der Waals surface area contributed by atoms with Crippen molar-refractivity contribution in [3.63, 3.8) is 0 Å². The Morgan fingerprint density at radius 3 is 2.57 bits per heavy atom. The van der Waals surface area contributed by atoms with Gasteiger partial charge in [-0.1, -0.05) is 26.0 Å². The molecule has 1 aliphatic carbocycles. The number of ether oxygens (including phenoxy) is 1. The van der Waals surface area contributed by atoms with Gasteiger partial charge in [-0.25, -0.2) is 4.79 Å². The average Bonchev–Trinajstić information content (AvgIpc) is 3.00. The van der Waals surface area contributed by atoms with Gasteiger partial charge in [0, 0.05) is 15.0 Å². The Bertz CT molecular complexity index is 840. The van der Waals surface area contributed by atoms with Gasteiger partial charge in [-0.2, -0.15) is 0 Å². The zero-order chi connectivity index (χ0) is 20.1. The van der Waals surface area contributed by atoms with E-state index in [9.17, 15) is 9.59 Å². The molecule has 0 aliphatic heterocycles. The molecule has 1 N–H and O–H groups in total. The summed E-state index contributed by atoms with van der Waals surface area (Å²) in [5.41, 5.74) is 2.60. The second-order valence-corrected chi connectivity index (χ2v) is 9.93. The van der Waals surface area contributed by atoms with Crippen molar-refractivity contribution in [3.8, 4) is 0 Å². The number of amides is 1. The number of aryl methyl sites for hydroxylation is 1. The van der Waals surface area contributed by atoms with Crippen LogP contribution in [-0.4, -0.2) is 23.7 Å². The third-order valence-electron chi connectivity index (χ3n) is 4.56. The standard InChI is InChI=1S/C22H27NO3S2/c1-4-26-22(25)20-17-7-5-6-8-18(17)28-21(20)23-19(24)13-15-9-11-16(12-10-15)27-14(2)3/h9-12,14H,4-8,13H2,1-3H3,(H,23,24). The molecule has 1 aliphatic rings. The number of nitrogens with one attached hydrogen (secondary N) is 1. The number of thioether (sulfide) groups is 1. The molecule has 0 bridgehead atoms. The molecule has 0 unspecified atom stereocenters. The van der Waals surface area contributed by atoms with E-state index in [4.69, 9.17) is 4.74 Å². The number of hydrogen-bond acceptors (Lipinski definition) is 5. The highest BCUT2D eigenvalue weighted by Crippen LogP contribution is 2.38. The van der Waals surface area contributed by atoms with Gasteiger partial charge in [0.05, 0.1) is 18.6 Å². The van der Waals surface area contributed by atoms with Crippen molar-refractivity contribution in [1.82, 2.24) is 0 Å². The predicted molar refractivity (Wildman–Crippen MR) is 117 cm³/mol. The van der Waals surface area contributed by atoms with Gasteiger partial charge in [0.15, 0.2) is 0 Å². The monoisotopic (exact) mass is 417 g/mol. The number of fused-ring (bicyclic) bond motifs is 1. The largest absolute Gasteiger partial charge is 0.462 e. The molecule has 1 aromatic heterocycles. The summed E-state index contributed by atoms with van der Waals surface area (Å²) in [6.07, 6.45) is 4.34. The van der Waals surface area contributed by atoms with E-state index in [0.717, 1.165) is 36.8 Å². The lowest BCUT2D eigenvalue weighted by atomic mass is 9.95. The minimum Gasteiger partial charge on any atom is -0.462 e. The fourth-order valence-corrected chi connectivity index (χ4v) is 5.52. The molecule has 0 atom stereocenters. The van der Waals surface area contributed by atoms with Crippen molar-refractivity contribution in [2.45, 2.75) is 63.0 Å². The van der Waals surface area contributed by atoms with Crippen molar-refractivity contribution >= 4 is 40.0 Å². The van der Waals surface area contributed by atoms with Crippen LogP contribution in [0.2, 0.25) is 0 Å². The molecule has 3 rings (SSSR count). The lowest BCUT2D eigenvalue weighted by Crippen LogP contribution is -2.17. The van der Waals surface area contributed by atoms with Crippen LogP contribution in [0, 0.1) is 0 Å². The number of esters is 1. The third kappa shape index (κ3) is 5.17. The van der Waals surface area contributed by atoms with E-state index in [0.29, 0.717) is 22.4 Å². The molecular formula is C22H27NO3S2. The van der Waals surface area contributed by atoms with E-state index >= 15 is 0 Å². The van der Waals surface area contributed by atoms with Crippen molar-refractivity contribution in [2.75, 3.05) is 11.9 Å². The van der Waals surface area contributed by atoms with E-state index in [2.05, 4.69) is 31.3 Å². The lowest BCUT2D eigenvalue weighted by Gasteiger charge is -2.12. The Morgan fingerprint density at radius 1 is 1.18 bits per heavy atom. The van der Waals surface area contributed by atoms with Crippen LogP contribution < -0.4 is 5.32 Å². The van der Waals surface area contributed by atoms with Crippen molar-refractivity contribution < 1.29 is 14.3 Å². The molecule has 0 saturated heterocycles. The van der Waals surface area contributed by atoms with Gasteiger partial charge in [-0.3, -0.25) is 4.79 Å². The van der Waals surface area contributed by atoms with Crippen molar-refractivity contribution in [1.29, 1.82) is 0 Å². The summed E-state index contributed by atoms with van der Waals surface area (Å²) < 4.78 is 5.25. The first kappa shape index (κ1) is 20.9. The van der Waals surface area contributed by atoms with Crippen LogP contribution in [0.1, 0.15) is 60.0 Å². The van der Waals surface area contributed by atoms with Gasteiger partial charge in [-0.05, 0) is 55.9 Å². The summed E-state index contributed by atoms with van der Waals surface area (Å²) in [4.78, 5) is 27.5. The molecule has 1 aromatic carbocycles. The Kier molecular flexibility index (Phi) is 7.18. The molecule has 0 spiro atoms. The molecule has 0 fully saturated rings. The van der Waals surface area contributed by atoms with Gasteiger partial charge in [0.25, 0.3) is 0 Å². The molecule has 0 saturated carbocycles. The molecule has 6 heteroatoms. The molecule has 150 valence electrons. The number of thiophene rings is 1. The van der Waals surface area contributed by atoms with Crippen LogP contribution >= 0.6 is 23.1 Å². The van der Waals surface area contributed by atoms with E-state index in [-0.39, 0.29) is 18.3 Å². The van der Waals surface area contributed by atoms with Crippen LogP contribution in [-0.2, 0) is 28.8 Å². The average molecular weight is 418 g/mol. The Balaban J connectivity index is 1.73. The molecule has 0 radical (unpaired) electrons. The number of rotatable bonds is 7. The van der Waals surface area contributed by atoms with E-state index in [1.54, 1.807) is 18.7 Å². The quantitative estimate of drug-likeness (QED) is 0.478. The van der Waals surface area contributed by atoms with Crippen molar-refractivity contribution in [2.24, 2.45) is 0 Å². The van der Waals surface area contributed by atoms with E-state index in [1.807, 2.05) is 12.1 Å². The highest BCUT2D eigenvalue weighted by molar-refractivity contribution is 7.99. The molecule has 1 heterocycles. The Morgan fingerprint density at radius 2 is 1.89 bits per heavy atom. The topological polar surface area (TPSA) is 55.4 Å². The first-order valence-corrected chi connectivity index (χ1v) is 11.5. The van der Waals surface area contributed by atoms with Gasteiger partial charge in [0.2, 0.25) is 5.91 Å².